The number of nitrogens with zero attached hydrogens (tertiary/aromatic N) is 2. The fourth-order valence-corrected chi connectivity index (χ4v) is 3.82. The minimum Gasteiger partial charge on any atom is -0.478 e. The molecule has 1 saturated heterocycles. The molecule has 2 aromatic carbocycles. The van der Waals surface area contributed by atoms with E-state index in [1.807, 2.05) is 6.07 Å². The highest BCUT2D eigenvalue weighted by Gasteiger charge is 2.38. The number of aliphatic carboxylic acids is 1. The van der Waals surface area contributed by atoms with Crippen molar-refractivity contribution < 1.29 is 41.4 Å². The van der Waals surface area contributed by atoms with E-state index < -0.39 is 28.1 Å². The van der Waals surface area contributed by atoms with Gasteiger partial charge in [-0.15, -0.1) is 0 Å². The lowest BCUT2D eigenvalue weighted by Gasteiger charge is -2.37. The van der Waals surface area contributed by atoms with Crippen LogP contribution >= 0.6 is 0 Å². The van der Waals surface area contributed by atoms with Crippen LogP contribution in [0.15, 0.2) is 42.5 Å². The number of hydrogen-bond acceptors (Lipinski definition) is 6. The van der Waals surface area contributed by atoms with E-state index in [1.165, 1.54) is 23.4 Å². The SMILES string of the molecule is Cc1cccc(N2CCN(c3ccc(NS(C)(=O)=O)c(C(=O)O)c3)CC2)c1.O=C(O)C(F)(F)F. The van der Waals surface area contributed by atoms with Gasteiger partial charge in [0, 0.05) is 37.6 Å². The van der Waals surface area contributed by atoms with Gasteiger partial charge in [-0.1, -0.05) is 12.1 Å². The Labute approximate surface area is 194 Å². The molecule has 0 unspecified atom stereocenters. The Hall–Kier alpha value is -3.48. The van der Waals surface area contributed by atoms with E-state index in [0.717, 1.165) is 38.1 Å². The van der Waals surface area contributed by atoms with Gasteiger partial charge in [-0.2, -0.15) is 13.2 Å². The Morgan fingerprint density at radius 2 is 1.44 bits per heavy atom. The predicted molar refractivity (Wildman–Crippen MR) is 121 cm³/mol. The molecule has 0 amide bonds. The van der Waals surface area contributed by atoms with Crippen LogP contribution in [0.5, 0.6) is 0 Å². The number of nitrogens with one attached hydrogen (secondary N) is 1. The van der Waals surface area contributed by atoms with Crippen LogP contribution in [-0.4, -0.2) is 69.2 Å². The zero-order valence-corrected chi connectivity index (χ0v) is 19.2. The molecule has 3 rings (SSSR count). The van der Waals surface area contributed by atoms with Crippen LogP contribution in [0.4, 0.5) is 30.2 Å². The van der Waals surface area contributed by atoms with Gasteiger partial charge < -0.3 is 20.0 Å². The first kappa shape index (κ1) is 26.8. The summed E-state index contributed by atoms with van der Waals surface area (Å²) < 4.78 is 56.9. The second-order valence-electron chi connectivity index (χ2n) is 7.53. The molecule has 0 radical (unpaired) electrons. The number of aromatic carboxylic acids is 1. The molecular formula is C21H24F3N3O6S. The first-order valence-corrected chi connectivity index (χ1v) is 11.8. The molecule has 3 N–H and O–H groups in total. The average Bonchev–Trinajstić information content (AvgIpc) is 2.73. The van der Waals surface area contributed by atoms with Gasteiger partial charge in [0.15, 0.2) is 0 Å². The van der Waals surface area contributed by atoms with Gasteiger partial charge in [0.1, 0.15) is 0 Å². The largest absolute Gasteiger partial charge is 0.490 e. The molecule has 0 atom stereocenters. The van der Waals surface area contributed by atoms with Crippen LogP contribution in [0, 0.1) is 6.92 Å². The third-order valence-corrected chi connectivity index (χ3v) is 5.37. The van der Waals surface area contributed by atoms with E-state index in [0.29, 0.717) is 0 Å². The zero-order valence-electron chi connectivity index (χ0n) is 18.3. The average molecular weight is 503 g/mol. The number of carboxylic acids is 2. The number of sulfonamides is 1. The molecule has 0 saturated carbocycles. The fourth-order valence-electron chi connectivity index (χ4n) is 3.24. The minimum atomic E-state index is -5.08. The van der Waals surface area contributed by atoms with Gasteiger partial charge in [0.2, 0.25) is 10.0 Å². The summed E-state index contributed by atoms with van der Waals surface area (Å²) in [6.45, 7) is 5.24. The maximum absolute atomic E-state index is 11.6. The molecule has 1 aliphatic heterocycles. The third-order valence-electron chi connectivity index (χ3n) is 4.78. The van der Waals surface area contributed by atoms with Crippen LogP contribution in [0.25, 0.3) is 0 Å². The Balaban J connectivity index is 0.000000509. The molecule has 0 bridgehead atoms. The van der Waals surface area contributed by atoms with E-state index in [9.17, 15) is 31.5 Å². The molecule has 0 aliphatic carbocycles. The molecule has 13 heteroatoms. The summed E-state index contributed by atoms with van der Waals surface area (Å²) in [4.78, 5) is 24.9. The van der Waals surface area contributed by atoms with Gasteiger partial charge in [-0.3, -0.25) is 4.72 Å². The fraction of sp³-hybridized carbons (Fsp3) is 0.333. The summed E-state index contributed by atoms with van der Waals surface area (Å²) in [5.41, 5.74) is 3.20. The topological polar surface area (TPSA) is 127 Å². The number of alkyl halides is 3. The smallest absolute Gasteiger partial charge is 0.478 e. The molecule has 0 aromatic heterocycles. The lowest BCUT2D eigenvalue weighted by molar-refractivity contribution is -0.192. The van der Waals surface area contributed by atoms with Crippen molar-refractivity contribution in [1.82, 2.24) is 0 Å². The highest BCUT2D eigenvalue weighted by molar-refractivity contribution is 7.92. The van der Waals surface area contributed by atoms with E-state index in [2.05, 4.69) is 39.6 Å². The number of carboxylic acid groups (broad SMARTS) is 2. The standard InChI is InChI=1S/C19H23N3O4S.C2HF3O2/c1-14-4-3-5-15(12-14)21-8-10-22(11-9-21)16-6-7-18(20-27(2,25)26)17(13-16)19(23)24;3-2(4,5)1(6)7/h3-7,12-13,20H,8-11H2,1-2H3,(H,23,24);(H,6,7). The molecule has 9 nitrogen and oxygen atoms in total. The van der Waals surface area contributed by atoms with Gasteiger partial charge in [-0.25, -0.2) is 18.0 Å². The zero-order chi connectivity index (χ0) is 25.7. The van der Waals surface area contributed by atoms with E-state index in [-0.39, 0.29) is 11.3 Å². The second-order valence-corrected chi connectivity index (χ2v) is 9.27. The summed E-state index contributed by atoms with van der Waals surface area (Å²) in [5.74, 6) is -3.92. The molecule has 1 heterocycles. The molecule has 1 fully saturated rings. The maximum atomic E-state index is 11.6. The molecule has 0 spiro atoms. The summed E-state index contributed by atoms with van der Waals surface area (Å²) in [5, 5.41) is 16.6. The lowest BCUT2D eigenvalue weighted by atomic mass is 10.1. The number of piperazine rings is 1. The van der Waals surface area contributed by atoms with Gasteiger partial charge in [0.25, 0.3) is 0 Å². The van der Waals surface area contributed by atoms with Crippen molar-refractivity contribution in [3.63, 3.8) is 0 Å². The van der Waals surface area contributed by atoms with Gasteiger partial charge in [0.05, 0.1) is 17.5 Å². The van der Waals surface area contributed by atoms with Gasteiger partial charge in [-0.05, 0) is 42.8 Å². The van der Waals surface area contributed by atoms with Crippen molar-refractivity contribution in [3.05, 3.63) is 53.6 Å². The first-order valence-electron chi connectivity index (χ1n) is 9.89. The van der Waals surface area contributed by atoms with Crippen molar-refractivity contribution in [1.29, 1.82) is 0 Å². The van der Waals surface area contributed by atoms with Crippen molar-refractivity contribution in [3.8, 4) is 0 Å². The minimum absolute atomic E-state index is 0.0564. The van der Waals surface area contributed by atoms with Crippen molar-refractivity contribution in [2.75, 3.05) is 47.0 Å². The number of aryl methyl sites for hydroxylation is 1. The van der Waals surface area contributed by atoms with Crippen molar-refractivity contribution >= 4 is 39.0 Å². The second kappa shape index (κ2) is 10.6. The van der Waals surface area contributed by atoms with Crippen molar-refractivity contribution in [2.45, 2.75) is 13.1 Å². The number of hydrogen-bond donors (Lipinski definition) is 3. The number of rotatable bonds is 5. The molecule has 1 aliphatic rings. The number of benzene rings is 2. The normalized spacial score (nSPS) is 14.1. The predicted octanol–water partition coefficient (Wildman–Crippen LogP) is 3.02. The van der Waals surface area contributed by atoms with Crippen molar-refractivity contribution in [2.24, 2.45) is 0 Å². The third kappa shape index (κ3) is 7.83. The summed E-state index contributed by atoms with van der Waals surface area (Å²) in [6.07, 6.45) is -4.09. The van der Waals surface area contributed by atoms with E-state index in [1.54, 1.807) is 6.07 Å². The summed E-state index contributed by atoms with van der Waals surface area (Å²) in [7, 11) is -3.55. The van der Waals surface area contributed by atoms with E-state index >= 15 is 0 Å². The highest BCUT2D eigenvalue weighted by Crippen LogP contribution is 2.26. The Bertz CT molecular complexity index is 1150. The Morgan fingerprint density at radius 1 is 0.941 bits per heavy atom. The highest BCUT2D eigenvalue weighted by atomic mass is 32.2. The van der Waals surface area contributed by atoms with E-state index in [4.69, 9.17) is 9.90 Å². The monoisotopic (exact) mass is 503 g/mol. The van der Waals surface area contributed by atoms with Crippen LogP contribution in [0.3, 0.4) is 0 Å². The Morgan fingerprint density at radius 3 is 1.85 bits per heavy atom. The van der Waals surface area contributed by atoms with Crippen LogP contribution in [0.1, 0.15) is 15.9 Å². The number of carbonyl (C=O) groups is 2. The number of halogens is 3. The number of anilines is 3. The molecule has 34 heavy (non-hydrogen) atoms. The maximum Gasteiger partial charge on any atom is 0.490 e. The van der Waals surface area contributed by atoms with Crippen LogP contribution in [0.2, 0.25) is 0 Å². The summed E-state index contributed by atoms with van der Waals surface area (Å²) >= 11 is 0. The Kier molecular flexibility index (Phi) is 8.37. The quantitative estimate of drug-likeness (QED) is 0.568. The molecule has 186 valence electrons. The van der Waals surface area contributed by atoms with Crippen LogP contribution < -0.4 is 14.5 Å². The first-order chi connectivity index (χ1) is 15.7. The summed E-state index contributed by atoms with van der Waals surface area (Å²) in [6, 6.07) is 13.1. The van der Waals surface area contributed by atoms with Crippen LogP contribution in [-0.2, 0) is 14.8 Å². The van der Waals surface area contributed by atoms with Gasteiger partial charge >= 0.3 is 18.1 Å². The lowest BCUT2D eigenvalue weighted by Crippen LogP contribution is -2.46. The molecular weight excluding hydrogens is 479 g/mol. The molecule has 2 aromatic rings.